The van der Waals surface area contributed by atoms with Crippen molar-refractivity contribution in [1.82, 2.24) is 19.5 Å². The molecule has 1 saturated heterocycles. The van der Waals surface area contributed by atoms with Gasteiger partial charge in [-0.25, -0.2) is 4.98 Å². The Bertz CT molecular complexity index is 915. The second kappa shape index (κ2) is 6.79. The molecule has 8 nitrogen and oxygen atoms in total. The van der Waals surface area contributed by atoms with Crippen LogP contribution in [0.2, 0.25) is 0 Å². The molecule has 2 aromatic heterocycles. The first kappa shape index (κ1) is 17.1. The van der Waals surface area contributed by atoms with Crippen LogP contribution < -0.4 is 5.56 Å². The molecule has 1 atom stereocenters. The lowest BCUT2D eigenvalue weighted by Crippen LogP contribution is -2.35. The van der Waals surface area contributed by atoms with Crippen LogP contribution in [-0.2, 0) is 20.9 Å². The van der Waals surface area contributed by atoms with Crippen LogP contribution in [-0.4, -0.2) is 44.0 Å². The molecule has 0 unspecified atom stereocenters. The molecule has 1 aliphatic carbocycles. The van der Waals surface area contributed by atoms with Crippen LogP contribution in [0.3, 0.4) is 0 Å². The van der Waals surface area contributed by atoms with Crippen LogP contribution >= 0.6 is 11.3 Å². The van der Waals surface area contributed by atoms with Crippen LogP contribution in [0.25, 0.3) is 4.96 Å². The number of hydrogen-bond acceptors (Lipinski definition) is 7. The minimum atomic E-state index is -0.416. The lowest BCUT2D eigenvalue weighted by molar-refractivity contribution is -0.149. The van der Waals surface area contributed by atoms with Gasteiger partial charge in [-0.05, 0) is 19.8 Å². The zero-order valence-corrected chi connectivity index (χ0v) is 15.3. The number of nitrogens with zero attached hydrogens (tertiary/aromatic N) is 4. The minimum absolute atomic E-state index is 0.0144. The van der Waals surface area contributed by atoms with Gasteiger partial charge in [0.1, 0.15) is 6.61 Å². The Morgan fingerprint density at radius 3 is 2.88 bits per heavy atom. The highest BCUT2D eigenvalue weighted by Gasteiger charge is 2.39. The molecule has 1 amide bonds. The Balaban J connectivity index is 1.39. The first-order chi connectivity index (χ1) is 12.5. The number of rotatable bonds is 4. The SMILES string of the molecule is Cc1cc(=O)n2nc(COC(=O)[C@@H]3CC(=O)N(C4CCCC4)C3)sc2n1. The number of aryl methyl sites for hydroxylation is 1. The lowest BCUT2D eigenvalue weighted by Gasteiger charge is -2.23. The average molecular weight is 376 g/mol. The predicted octanol–water partition coefficient (Wildman–Crippen LogP) is 1.29. The minimum Gasteiger partial charge on any atom is -0.458 e. The summed E-state index contributed by atoms with van der Waals surface area (Å²) in [6, 6.07) is 1.69. The van der Waals surface area contributed by atoms with Crippen molar-refractivity contribution in [2.24, 2.45) is 5.92 Å². The summed E-state index contributed by atoms with van der Waals surface area (Å²) in [5.74, 6) is -0.750. The van der Waals surface area contributed by atoms with E-state index in [0.29, 0.717) is 22.2 Å². The van der Waals surface area contributed by atoms with Crippen LogP contribution in [0, 0.1) is 12.8 Å². The maximum Gasteiger partial charge on any atom is 0.311 e. The molecule has 0 spiro atoms. The van der Waals surface area contributed by atoms with E-state index in [1.165, 1.54) is 21.9 Å². The van der Waals surface area contributed by atoms with Crippen molar-refractivity contribution in [2.75, 3.05) is 6.54 Å². The molecule has 0 radical (unpaired) electrons. The fourth-order valence-electron chi connectivity index (χ4n) is 3.73. The number of carbonyl (C=O) groups excluding carboxylic acids is 2. The van der Waals surface area contributed by atoms with E-state index in [1.54, 1.807) is 6.92 Å². The Morgan fingerprint density at radius 2 is 2.12 bits per heavy atom. The number of hydrogen-bond donors (Lipinski definition) is 0. The van der Waals surface area contributed by atoms with Crippen molar-refractivity contribution in [3.63, 3.8) is 0 Å². The maximum atomic E-state index is 12.4. The van der Waals surface area contributed by atoms with Crippen molar-refractivity contribution in [3.8, 4) is 0 Å². The van der Waals surface area contributed by atoms with Gasteiger partial charge in [0, 0.05) is 30.8 Å². The fraction of sp³-hybridized carbons (Fsp3) is 0.588. The second-order valence-electron chi connectivity index (χ2n) is 6.92. The van der Waals surface area contributed by atoms with E-state index < -0.39 is 5.92 Å². The van der Waals surface area contributed by atoms with E-state index in [0.717, 1.165) is 25.7 Å². The van der Waals surface area contributed by atoms with Crippen LogP contribution in [0.5, 0.6) is 0 Å². The number of likely N-dealkylation sites (tertiary alicyclic amines) is 1. The molecule has 4 rings (SSSR count). The first-order valence-electron chi connectivity index (χ1n) is 8.84. The average Bonchev–Trinajstić information content (AvgIpc) is 3.31. The number of aromatic nitrogens is 3. The third-order valence-corrected chi connectivity index (χ3v) is 5.89. The van der Waals surface area contributed by atoms with Crippen molar-refractivity contribution >= 4 is 28.2 Å². The summed E-state index contributed by atoms with van der Waals surface area (Å²) in [5, 5.41) is 4.66. The van der Waals surface area contributed by atoms with Crippen molar-refractivity contribution in [2.45, 2.75) is 51.7 Å². The summed E-state index contributed by atoms with van der Waals surface area (Å²) >= 11 is 1.22. The summed E-state index contributed by atoms with van der Waals surface area (Å²) in [7, 11) is 0. The Hall–Kier alpha value is -2.29. The third kappa shape index (κ3) is 3.23. The zero-order chi connectivity index (χ0) is 18.3. The molecule has 0 bridgehead atoms. The van der Waals surface area contributed by atoms with Gasteiger partial charge in [0.25, 0.3) is 5.56 Å². The highest BCUT2D eigenvalue weighted by atomic mass is 32.1. The Labute approximate surface area is 153 Å². The summed E-state index contributed by atoms with van der Waals surface area (Å²) < 4.78 is 6.57. The van der Waals surface area contributed by atoms with Gasteiger partial charge in [-0.15, -0.1) is 0 Å². The highest BCUT2D eigenvalue weighted by Crippen LogP contribution is 2.30. The lowest BCUT2D eigenvalue weighted by atomic mass is 10.1. The summed E-state index contributed by atoms with van der Waals surface area (Å²) in [5.41, 5.74) is 0.369. The molecule has 1 aliphatic heterocycles. The highest BCUT2D eigenvalue weighted by molar-refractivity contribution is 7.16. The second-order valence-corrected chi connectivity index (χ2v) is 7.96. The smallest absolute Gasteiger partial charge is 0.311 e. The molecule has 2 aliphatic rings. The molecule has 9 heteroatoms. The van der Waals surface area contributed by atoms with E-state index in [9.17, 15) is 14.4 Å². The molecular weight excluding hydrogens is 356 g/mol. The van der Waals surface area contributed by atoms with Gasteiger partial charge in [-0.1, -0.05) is 24.2 Å². The largest absolute Gasteiger partial charge is 0.458 e. The molecule has 0 N–H and O–H groups in total. The summed E-state index contributed by atoms with van der Waals surface area (Å²) in [4.78, 5) is 43.0. The number of ether oxygens (including phenoxy) is 1. The van der Waals surface area contributed by atoms with Gasteiger partial charge >= 0.3 is 5.97 Å². The zero-order valence-electron chi connectivity index (χ0n) is 14.5. The first-order valence-corrected chi connectivity index (χ1v) is 9.65. The quantitative estimate of drug-likeness (QED) is 0.747. The van der Waals surface area contributed by atoms with E-state index >= 15 is 0 Å². The van der Waals surface area contributed by atoms with Gasteiger partial charge in [0.2, 0.25) is 10.9 Å². The number of fused-ring (bicyclic) bond motifs is 1. The van der Waals surface area contributed by atoms with Crippen LogP contribution in [0.1, 0.15) is 42.8 Å². The summed E-state index contributed by atoms with van der Waals surface area (Å²) in [6.45, 7) is 2.18. The van der Waals surface area contributed by atoms with Gasteiger partial charge in [-0.3, -0.25) is 14.4 Å². The van der Waals surface area contributed by atoms with Gasteiger partial charge in [0.15, 0.2) is 5.01 Å². The number of esters is 1. The van der Waals surface area contributed by atoms with E-state index in [-0.39, 0.29) is 36.5 Å². The van der Waals surface area contributed by atoms with E-state index in [4.69, 9.17) is 4.74 Å². The Kier molecular flexibility index (Phi) is 4.47. The molecule has 0 aromatic carbocycles. The molecule has 26 heavy (non-hydrogen) atoms. The number of carbonyl (C=O) groups is 2. The monoisotopic (exact) mass is 376 g/mol. The molecule has 2 fully saturated rings. The normalized spacial score (nSPS) is 21.0. The predicted molar refractivity (Wildman–Crippen MR) is 93.7 cm³/mol. The molecule has 138 valence electrons. The van der Waals surface area contributed by atoms with Crippen LogP contribution in [0.15, 0.2) is 10.9 Å². The fourth-order valence-corrected chi connectivity index (χ4v) is 4.59. The maximum absolute atomic E-state index is 12.4. The van der Waals surface area contributed by atoms with Crippen LogP contribution in [0.4, 0.5) is 0 Å². The van der Waals surface area contributed by atoms with Crippen molar-refractivity contribution in [1.29, 1.82) is 0 Å². The topological polar surface area (TPSA) is 93.9 Å². The van der Waals surface area contributed by atoms with Crippen molar-refractivity contribution in [3.05, 3.63) is 27.1 Å². The van der Waals surface area contributed by atoms with Crippen molar-refractivity contribution < 1.29 is 14.3 Å². The summed E-state index contributed by atoms with van der Waals surface area (Å²) in [6.07, 6.45) is 4.57. The van der Waals surface area contributed by atoms with Gasteiger partial charge in [0.05, 0.1) is 5.92 Å². The number of amides is 1. The van der Waals surface area contributed by atoms with E-state index in [2.05, 4.69) is 10.1 Å². The molecule has 1 saturated carbocycles. The van der Waals surface area contributed by atoms with Gasteiger partial charge in [-0.2, -0.15) is 9.61 Å². The van der Waals surface area contributed by atoms with Gasteiger partial charge < -0.3 is 9.64 Å². The standard InChI is InChI=1S/C17H20N4O4S/c1-10-6-15(23)21-17(18-10)26-13(19-21)9-25-16(24)11-7-14(22)20(8-11)12-4-2-3-5-12/h6,11-12H,2-5,7-9H2,1H3/t11-/m1/s1. The third-order valence-electron chi connectivity index (χ3n) is 5.01. The van der Waals surface area contributed by atoms with E-state index in [1.807, 2.05) is 4.90 Å². The molecule has 2 aromatic rings. The molecular formula is C17H20N4O4S. The Morgan fingerprint density at radius 1 is 1.35 bits per heavy atom. The molecule has 3 heterocycles.